The zero-order valence-electron chi connectivity index (χ0n) is 32.6. The van der Waals surface area contributed by atoms with E-state index in [1.165, 1.54) is 49.6 Å². The van der Waals surface area contributed by atoms with Crippen molar-refractivity contribution in [2.45, 2.75) is 33.1 Å². The molecule has 274 valence electrons. The summed E-state index contributed by atoms with van der Waals surface area (Å²) in [5, 5.41) is 4.79. The highest BCUT2D eigenvalue weighted by molar-refractivity contribution is 6.21. The second-order valence-corrected chi connectivity index (χ2v) is 15.5. The first-order chi connectivity index (χ1) is 27.9. The van der Waals surface area contributed by atoms with Crippen molar-refractivity contribution in [3.63, 3.8) is 0 Å². The SMILES string of the molecule is C/C=C\C1=C(C)C(C)(C)c2cc(-c3ccc4c5c6ccccc6ccc5n(-c5nc(-c6ccccc6)cc(-c6ccccc6)n5)c4c3)ccc2N1c1ccccc1. The molecule has 9 aromatic rings. The lowest BCUT2D eigenvalue weighted by molar-refractivity contribution is 0.605. The van der Waals surface area contributed by atoms with E-state index < -0.39 is 0 Å². The summed E-state index contributed by atoms with van der Waals surface area (Å²) in [4.78, 5) is 13.1. The summed E-state index contributed by atoms with van der Waals surface area (Å²) < 4.78 is 2.27. The number of fused-ring (bicyclic) bond motifs is 6. The number of rotatable bonds is 6. The Kier molecular flexibility index (Phi) is 8.23. The molecule has 0 saturated heterocycles. The van der Waals surface area contributed by atoms with Crippen molar-refractivity contribution in [2.75, 3.05) is 4.90 Å². The van der Waals surface area contributed by atoms with Gasteiger partial charge in [0.2, 0.25) is 5.95 Å². The van der Waals surface area contributed by atoms with E-state index in [2.05, 4.69) is 207 Å². The Bertz CT molecular complexity index is 2990. The molecular formula is C53H42N4. The first-order valence-corrected chi connectivity index (χ1v) is 19.7. The van der Waals surface area contributed by atoms with Crippen LogP contribution in [0.15, 0.2) is 193 Å². The molecule has 0 unspecified atom stereocenters. The zero-order chi connectivity index (χ0) is 38.7. The van der Waals surface area contributed by atoms with Crippen LogP contribution in [0.5, 0.6) is 0 Å². The Balaban J connectivity index is 1.22. The number of hydrogen-bond donors (Lipinski definition) is 0. The maximum atomic E-state index is 5.33. The summed E-state index contributed by atoms with van der Waals surface area (Å²) in [6.07, 6.45) is 4.39. The van der Waals surface area contributed by atoms with Crippen LogP contribution in [0.4, 0.5) is 11.4 Å². The molecule has 10 rings (SSSR count). The molecule has 0 spiro atoms. The largest absolute Gasteiger partial charge is 0.310 e. The van der Waals surface area contributed by atoms with E-state index in [0.717, 1.165) is 44.8 Å². The number of nitrogens with zero attached hydrogens (tertiary/aromatic N) is 4. The fraction of sp³-hybridized carbons (Fsp3) is 0.0943. The maximum absolute atomic E-state index is 5.33. The number of aromatic nitrogens is 3. The highest BCUT2D eigenvalue weighted by atomic mass is 15.2. The molecule has 0 bridgehead atoms. The molecule has 0 amide bonds. The molecule has 1 aliphatic rings. The summed E-state index contributed by atoms with van der Waals surface area (Å²) >= 11 is 0. The fourth-order valence-corrected chi connectivity index (χ4v) is 8.67. The molecule has 1 aliphatic heterocycles. The van der Waals surface area contributed by atoms with Crippen LogP contribution in [0.2, 0.25) is 0 Å². The standard InChI is InChI=1S/C53H42N4/c1-5-17-47-35(2)53(3,4)44-32-39(28-30-48(44)56(47)41-23-13-8-14-24-41)40-26-29-43-50(33-40)57(49-31-27-36-18-15-16-25-42(36)51(43)49)52-54-45(37-19-9-6-10-20-37)34-46(55-52)38-21-11-7-12-22-38/h5-34H,1-4H3/b17-5-. The molecule has 0 N–H and O–H groups in total. The van der Waals surface area contributed by atoms with Gasteiger partial charge in [0.25, 0.3) is 0 Å². The first-order valence-electron chi connectivity index (χ1n) is 19.7. The normalized spacial score (nSPS) is 13.9. The summed E-state index contributed by atoms with van der Waals surface area (Å²) in [6.45, 7) is 9.08. The van der Waals surface area contributed by atoms with Crippen molar-refractivity contribution in [3.8, 4) is 39.6 Å². The second-order valence-electron chi connectivity index (χ2n) is 15.5. The Hall–Kier alpha value is -7.04. The van der Waals surface area contributed by atoms with Crippen LogP contribution in [-0.2, 0) is 5.41 Å². The van der Waals surface area contributed by atoms with Crippen molar-refractivity contribution < 1.29 is 0 Å². The van der Waals surface area contributed by atoms with Gasteiger partial charge in [-0.05, 0) is 95.4 Å². The van der Waals surface area contributed by atoms with E-state index in [4.69, 9.17) is 9.97 Å². The number of hydrogen-bond acceptors (Lipinski definition) is 3. The molecule has 3 heterocycles. The Labute approximate surface area is 333 Å². The molecule has 0 radical (unpaired) electrons. The predicted molar refractivity (Wildman–Crippen MR) is 239 cm³/mol. The second kappa shape index (κ2) is 13.6. The van der Waals surface area contributed by atoms with Gasteiger partial charge in [0.1, 0.15) is 0 Å². The Morgan fingerprint density at radius 2 is 1.16 bits per heavy atom. The molecule has 0 atom stereocenters. The van der Waals surface area contributed by atoms with Crippen LogP contribution in [0.3, 0.4) is 0 Å². The van der Waals surface area contributed by atoms with E-state index >= 15 is 0 Å². The summed E-state index contributed by atoms with van der Waals surface area (Å²) in [5.41, 5.74) is 14.3. The Morgan fingerprint density at radius 1 is 0.544 bits per heavy atom. The van der Waals surface area contributed by atoms with Gasteiger partial charge in [-0.1, -0.05) is 147 Å². The highest BCUT2D eigenvalue weighted by Crippen LogP contribution is 2.50. The molecule has 4 heteroatoms. The van der Waals surface area contributed by atoms with E-state index in [9.17, 15) is 0 Å². The maximum Gasteiger partial charge on any atom is 0.235 e. The lowest BCUT2D eigenvalue weighted by Gasteiger charge is -2.42. The van der Waals surface area contributed by atoms with Crippen LogP contribution < -0.4 is 4.90 Å². The number of benzene rings is 7. The molecule has 0 fully saturated rings. The van der Waals surface area contributed by atoms with Gasteiger partial charge < -0.3 is 4.90 Å². The van der Waals surface area contributed by atoms with Gasteiger partial charge in [-0.15, -0.1) is 0 Å². The number of anilines is 2. The van der Waals surface area contributed by atoms with E-state index in [-0.39, 0.29) is 5.41 Å². The lowest BCUT2D eigenvalue weighted by Crippen LogP contribution is -2.33. The van der Waals surface area contributed by atoms with Crippen molar-refractivity contribution in [3.05, 3.63) is 199 Å². The third kappa shape index (κ3) is 5.67. The van der Waals surface area contributed by atoms with Gasteiger partial charge in [-0.2, -0.15) is 0 Å². The average Bonchev–Trinajstić information content (AvgIpc) is 3.60. The van der Waals surface area contributed by atoms with Crippen LogP contribution in [-0.4, -0.2) is 14.5 Å². The van der Waals surface area contributed by atoms with Gasteiger partial charge in [-0.3, -0.25) is 4.57 Å². The summed E-state index contributed by atoms with van der Waals surface area (Å²) in [6, 6.07) is 60.7. The first kappa shape index (κ1) is 34.5. The van der Waals surface area contributed by atoms with E-state index in [0.29, 0.717) is 5.95 Å². The molecule has 2 aromatic heterocycles. The molecule has 57 heavy (non-hydrogen) atoms. The van der Waals surface area contributed by atoms with E-state index in [1.807, 2.05) is 12.1 Å². The van der Waals surface area contributed by atoms with Crippen molar-refractivity contribution in [1.29, 1.82) is 0 Å². The third-order valence-electron chi connectivity index (χ3n) is 11.9. The number of allylic oxidation sites excluding steroid dienone is 3. The lowest BCUT2D eigenvalue weighted by atomic mass is 9.73. The molecule has 0 aliphatic carbocycles. The Morgan fingerprint density at radius 3 is 1.84 bits per heavy atom. The zero-order valence-corrected chi connectivity index (χ0v) is 32.6. The predicted octanol–water partition coefficient (Wildman–Crippen LogP) is 14.0. The highest BCUT2D eigenvalue weighted by Gasteiger charge is 2.36. The molecular weight excluding hydrogens is 693 g/mol. The van der Waals surface area contributed by atoms with Crippen LogP contribution >= 0.6 is 0 Å². The van der Waals surface area contributed by atoms with Crippen molar-refractivity contribution in [2.24, 2.45) is 0 Å². The quantitative estimate of drug-likeness (QED) is 0.171. The molecule has 4 nitrogen and oxygen atoms in total. The number of para-hydroxylation sites is 1. The van der Waals surface area contributed by atoms with Gasteiger partial charge in [0, 0.05) is 38.7 Å². The van der Waals surface area contributed by atoms with Gasteiger partial charge >= 0.3 is 0 Å². The topological polar surface area (TPSA) is 34.0 Å². The minimum Gasteiger partial charge on any atom is -0.310 e. The van der Waals surface area contributed by atoms with Crippen LogP contribution in [0, 0.1) is 0 Å². The van der Waals surface area contributed by atoms with Crippen LogP contribution in [0.1, 0.15) is 33.3 Å². The minimum atomic E-state index is -0.192. The molecule has 7 aromatic carbocycles. The van der Waals surface area contributed by atoms with Crippen molar-refractivity contribution >= 4 is 44.0 Å². The van der Waals surface area contributed by atoms with Crippen LogP contribution in [0.25, 0.3) is 72.2 Å². The minimum absolute atomic E-state index is 0.192. The van der Waals surface area contributed by atoms with Gasteiger partial charge in [0.05, 0.1) is 28.1 Å². The summed E-state index contributed by atoms with van der Waals surface area (Å²) in [5.74, 6) is 0.644. The third-order valence-corrected chi connectivity index (χ3v) is 11.9. The van der Waals surface area contributed by atoms with E-state index in [1.54, 1.807) is 0 Å². The average molecular weight is 735 g/mol. The monoisotopic (exact) mass is 734 g/mol. The van der Waals surface area contributed by atoms with Gasteiger partial charge in [-0.25, -0.2) is 9.97 Å². The fourth-order valence-electron chi connectivity index (χ4n) is 8.67. The van der Waals surface area contributed by atoms with Crippen molar-refractivity contribution in [1.82, 2.24) is 14.5 Å². The smallest absolute Gasteiger partial charge is 0.235 e. The van der Waals surface area contributed by atoms with Gasteiger partial charge in [0.15, 0.2) is 0 Å². The summed E-state index contributed by atoms with van der Waals surface area (Å²) in [7, 11) is 0. The molecule has 0 saturated carbocycles.